The van der Waals surface area contributed by atoms with Crippen LogP contribution in [0.3, 0.4) is 0 Å². The first kappa shape index (κ1) is 9.30. The van der Waals surface area contributed by atoms with Gasteiger partial charge in [0.05, 0.1) is 7.11 Å². The molecule has 2 rings (SSSR count). The molecular weight excluding hydrogens is 182 g/mol. The van der Waals surface area contributed by atoms with E-state index in [4.69, 9.17) is 4.74 Å². The van der Waals surface area contributed by atoms with Gasteiger partial charge in [-0.25, -0.2) is 0 Å². The van der Waals surface area contributed by atoms with Crippen LogP contribution in [0.25, 0.3) is 0 Å². The first-order chi connectivity index (χ1) is 6.72. The molecule has 14 heavy (non-hydrogen) atoms. The summed E-state index contributed by atoms with van der Waals surface area (Å²) in [6.45, 7) is 1.47. The lowest BCUT2D eigenvalue weighted by Gasteiger charge is -2.20. The van der Waals surface area contributed by atoms with E-state index in [1.54, 1.807) is 12.1 Å². The molecule has 1 aromatic rings. The van der Waals surface area contributed by atoms with E-state index in [0.29, 0.717) is 12.3 Å². The number of benzene rings is 1. The first-order valence-corrected chi connectivity index (χ1v) is 4.62. The zero-order valence-corrected chi connectivity index (χ0v) is 8.03. The first-order valence-electron chi connectivity index (χ1n) is 4.62. The Balaban J connectivity index is 2.48. The van der Waals surface area contributed by atoms with E-state index in [1.165, 1.54) is 7.11 Å². The summed E-state index contributed by atoms with van der Waals surface area (Å²) >= 11 is 0. The van der Waals surface area contributed by atoms with Crippen molar-refractivity contribution in [1.29, 1.82) is 0 Å². The van der Waals surface area contributed by atoms with Crippen molar-refractivity contribution < 1.29 is 20.3 Å². The SMILES string of the molecule is COc1cc2c(cc1O)[C@@H](O)C[NH2+]C2. The standard InChI is InChI=1S/C10H13NO3/c1-14-10-2-6-4-11-5-9(13)7(6)3-8(10)12/h2-3,9,11-13H,4-5H2,1H3/p+1/t9-/m0/s1. The Morgan fingerprint density at radius 2 is 2.29 bits per heavy atom. The number of nitrogens with two attached hydrogens (primary N) is 1. The van der Waals surface area contributed by atoms with Gasteiger partial charge in [0, 0.05) is 5.56 Å². The third-order valence-corrected chi connectivity index (χ3v) is 2.55. The van der Waals surface area contributed by atoms with Gasteiger partial charge in [0.1, 0.15) is 19.2 Å². The van der Waals surface area contributed by atoms with Gasteiger partial charge in [0.15, 0.2) is 11.5 Å². The van der Waals surface area contributed by atoms with Crippen LogP contribution in [0.4, 0.5) is 0 Å². The van der Waals surface area contributed by atoms with Crippen molar-refractivity contribution in [3.8, 4) is 11.5 Å². The fraction of sp³-hybridized carbons (Fsp3) is 0.400. The maximum atomic E-state index is 9.67. The van der Waals surface area contributed by atoms with Crippen LogP contribution in [0, 0.1) is 0 Å². The van der Waals surface area contributed by atoms with Gasteiger partial charge < -0.3 is 20.3 Å². The Labute approximate surface area is 82.1 Å². The Morgan fingerprint density at radius 1 is 1.50 bits per heavy atom. The van der Waals surface area contributed by atoms with Crippen LogP contribution in [-0.2, 0) is 6.54 Å². The van der Waals surface area contributed by atoms with Crippen LogP contribution in [0.2, 0.25) is 0 Å². The van der Waals surface area contributed by atoms with E-state index in [-0.39, 0.29) is 5.75 Å². The highest BCUT2D eigenvalue weighted by atomic mass is 16.5. The average molecular weight is 196 g/mol. The Hall–Kier alpha value is -1.26. The lowest BCUT2D eigenvalue weighted by atomic mass is 9.98. The van der Waals surface area contributed by atoms with E-state index in [1.807, 2.05) is 5.32 Å². The maximum absolute atomic E-state index is 9.67. The second-order valence-electron chi connectivity index (χ2n) is 3.47. The summed E-state index contributed by atoms with van der Waals surface area (Å²) in [5.74, 6) is 0.554. The number of phenolic OH excluding ortho intramolecular Hbond substituents is 1. The van der Waals surface area contributed by atoms with Gasteiger partial charge >= 0.3 is 0 Å². The zero-order valence-electron chi connectivity index (χ0n) is 8.03. The molecule has 1 aliphatic heterocycles. The number of quaternary nitrogens is 1. The van der Waals surface area contributed by atoms with Gasteiger partial charge in [0.25, 0.3) is 0 Å². The number of hydrogen-bond donors (Lipinski definition) is 3. The molecule has 1 aromatic carbocycles. The highest BCUT2D eigenvalue weighted by Crippen LogP contribution is 2.32. The number of phenols is 1. The number of hydrogen-bond acceptors (Lipinski definition) is 3. The zero-order chi connectivity index (χ0) is 10.1. The minimum absolute atomic E-state index is 0.0900. The van der Waals surface area contributed by atoms with Gasteiger partial charge in [-0.05, 0) is 17.7 Å². The number of aliphatic hydroxyl groups is 1. The second-order valence-corrected chi connectivity index (χ2v) is 3.47. The van der Waals surface area contributed by atoms with Crippen molar-refractivity contribution >= 4 is 0 Å². The minimum Gasteiger partial charge on any atom is -0.504 e. The van der Waals surface area contributed by atoms with Gasteiger partial charge in [-0.3, -0.25) is 0 Å². The van der Waals surface area contributed by atoms with Crippen molar-refractivity contribution in [1.82, 2.24) is 0 Å². The van der Waals surface area contributed by atoms with Gasteiger partial charge in [-0.1, -0.05) is 0 Å². The Bertz CT molecular complexity index is 351. The van der Waals surface area contributed by atoms with E-state index in [9.17, 15) is 10.2 Å². The summed E-state index contributed by atoms with van der Waals surface area (Å²) in [5, 5.41) is 21.2. The summed E-state index contributed by atoms with van der Waals surface area (Å²) in [7, 11) is 1.52. The predicted octanol–water partition coefficient (Wildman–Crippen LogP) is -0.489. The molecule has 0 bridgehead atoms. The van der Waals surface area contributed by atoms with Crippen molar-refractivity contribution in [2.24, 2.45) is 0 Å². The molecule has 1 aliphatic rings. The maximum Gasteiger partial charge on any atom is 0.160 e. The third kappa shape index (κ3) is 1.42. The number of methoxy groups -OCH3 is 1. The molecule has 0 aliphatic carbocycles. The van der Waals surface area contributed by atoms with Crippen molar-refractivity contribution in [3.05, 3.63) is 23.3 Å². The van der Waals surface area contributed by atoms with Crippen molar-refractivity contribution in [2.45, 2.75) is 12.6 Å². The Morgan fingerprint density at radius 3 is 3.00 bits per heavy atom. The quantitative estimate of drug-likeness (QED) is 0.568. The highest BCUT2D eigenvalue weighted by Gasteiger charge is 2.22. The Kier molecular flexibility index (Phi) is 2.31. The number of ether oxygens (including phenoxy) is 1. The van der Waals surface area contributed by atoms with Gasteiger partial charge in [-0.2, -0.15) is 0 Å². The fourth-order valence-electron chi connectivity index (χ4n) is 1.80. The summed E-state index contributed by atoms with van der Waals surface area (Å²) in [4.78, 5) is 0. The summed E-state index contributed by atoms with van der Waals surface area (Å²) < 4.78 is 5.00. The molecule has 0 fully saturated rings. The third-order valence-electron chi connectivity index (χ3n) is 2.55. The van der Waals surface area contributed by atoms with Crippen molar-refractivity contribution in [2.75, 3.05) is 13.7 Å². The van der Waals surface area contributed by atoms with Crippen LogP contribution in [0.1, 0.15) is 17.2 Å². The van der Waals surface area contributed by atoms with E-state index in [0.717, 1.165) is 17.7 Å². The van der Waals surface area contributed by atoms with E-state index < -0.39 is 6.10 Å². The lowest BCUT2D eigenvalue weighted by Crippen LogP contribution is -2.85. The van der Waals surface area contributed by atoms with E-state index >= 15 is 0 Å². The summed E-state index contributed by atoms with van der Waals surface area (Å²) in [6.07, 6.45) is -0.490. The molecule has 0 unspecified atom stereocenters. The van der Waals surface area contributed by atoms with Gasteiger partial charge in [0.2, 0.25) is 0 Å². The normalized spacial score (nSPS) is 20.3. The second kappa shape index (κ2) is 3.48. The van der Waals surface area contributed by atoms with Crippen LogP contribution < -0.4 is 10.1 Å². The molecule has 1 atom stereocenters. The fourth-order valence-corrected chi connectivity index (χ4v) is 1.80. The smallest absolute Gasteiger partial charge is 0.160 e. The summed E-state index contributed by atoms with van der Waals surface area (Å²) in [6, 6.07) is 3.37. The molecule has 0 aromatic heterocycles. The van der Waals surface area contributed by atoms with E-state index in [2.05, 4.69) is 0 Å². The molecule has 1 heterocycles. The molecule has 0 spiro atoms. The van der Waals surface area contributed by atoms with Crippen LogP contribution in [-0.4, -0.2) is 23.9 Å². The molecule has 76 valence electrons. The van der Waals surface area contributed by atoms with Crippen LogP contribution >= 0.6 is 0 Å². The molecule has 0 radical (unpaired) electrons. The highest BCUT2D eigenvalue weighted by molar-refractivity contribution is 5.47. The monoisotopic (exact) mass is 196 g/mol. The molecular formula is C10H14NO3+. The molecule has 0 saturated carbocycles. The molecule has 0 saturated heterocycles. The van der Waals surface area contributed by atoms with Crippen molar-refractivity contribution in [3.63, 3.8) is 0 Å². The molecule has 0 amide bonds. The number of fused-ring (bicyclic) bond motifs is 1. The number of rotatable bonds is 1. The van der Waals surface area contributed by atoms with Gasteiger partial charge in [-0.15, -0.1) is 0 Å². The molecule has 4 heteroatoms. The summed E-state index contributed by atoms with van der Waals surface area (Å²) in [5.41, 5.74) is 1.84. The lowest BCUT2D eigenvalue weighted by molar-refractivity contribution is -0.681. The topological polar surface area (TPSA) is 66.3 Å². The molecule has 4 nitrogen and oxygen atoms in total. The number of aromatic hydroxyl groups is 1. The molecule has 4 N–H and O–H groups in total. The van der Waals surface area contributed by atoms with Crippen LogP contribution in [0.15, 0.2) is 12.1 Å². The minimum atomic E-state index is -0.490. The van der Waals surface area contributed by atoms with Crippen LogP contribution in [0.5, 0.6) is 11.5 Å². The number of aliphatic hydroxyl groups excluding tert-OH is 1. The average Bonchev–Trinajstić information content (AvgIpc) is 2.19. The largest absolute Gasteiger partial charge is 0.504 e. The predicted molar refractivity (Wildman–Crippen MR) is 50.1 cm³/mol.